The minimum absolute atomic E-state index is 0.394. The third-order valence-corrected chi connectivity index (χ3v) is 3.38. The molecule has 0 bridgehead atoms. The average molecular weight is 305 g/mol. The predicted octanol–water partition coefficient (Wildman–Crippen LogP) is 3.38. The Morgan fingerprint density at radius 3 is 2.39 bits per heavy atom. The molecule has 0 atom stereocenters. The van der Waals surface area contributed by atoms with E-state index >= 15 is 0 Å². The van der Waals surface area contributed by atoms with Gasteiger partial charge in [0.25, 0.3) is 0 Å². The van der Waals surface area contributed by atoms with Crippen molar-refractivity contribution in [2.45, 2.75) is 0 Å². The summed E-state index contributed by atoms with van der Waals surface area (Å²) in [4.78, 5) is 8.84. The summed E-state index contributed by atoms with van der Waals surface area (Å²) in [5.41, 5.74) is 3.20. The van der Waals surface area contributed by atoms with Gasteiger partial charge in [-0.2, -0.15) is 0 Å². The maximum Gasteiger partial charge on any atom is 0.135 e. The summed E-state index contributed by atoms with van der Waals surface area (Å²) in [6.07, 6.45) is 1.72. The highest BCUT2D eigenvalue weighted by atomic mass is 16.5. The second-order valence-corrected chi connectivity index (χ2v) is 4.80. The molecular weight excluding hydrogens is 290 g/mol. The van der Waals surface area contributed by atoms with Gasteiger partial charge >= 0.3 is 0 Å². The highest BCUT2D eigenvalue weighted by Crippen LogP contribution is 2.18. The van der Waals surface area contributed by atoms with Crippen molar-refractivity contribution >= 4 is 5.71 Å². The van der Waals surface area contributed by atoms with Crippen molar-refractivity contribution in [3.63, 3.8) is 0 Å². The lowest BCUT2D eigenvalue weighted by Gasteiger charge is -2.07. The SMILES string of the molecule is COc1ccc(/C(=N/O)c2cccc(-c3ccccn3)n2)cc1. The van der Waals surface area contributed by atoms with Crippen molar-refractivity contribution in [3.05, 3.63) is 78.1 Å². The zero-order valence-corrected chi connectivity index (χ0v) is 12.5. The monoisotopic (exact) mass is 305 g/mol. The third-order valence-electron chi connectivity index (χ3n) is 3.38. The van der Waals surface area contributed by atoms with Gasteiger partial charge in [0.1, 0.15) is 11.5 Å². The summed E-state index contributed by atoms with van der Waals surface area (Å²) in [6.45, 7) is 0. The van der Waals surface area contributed by atoms with E-state index in [1.807, 2.05) is 54.6 Å². The summed E-state index contributed by atoms with van der Waals surface area (Å²) in [6, 6.07) is 18.4. The van der Waals surface area contributed by atoms with E-state index in [0.29, 0.717) is 11.4 Å². The molecule has 0 aliphatic rings. The summed E-state index contributed by atoms with van der Waals surface area (Å²) in [5, 5.41) is 12.8. The Morgan fingerprint density at radius 1 is 0.957 bits per heavy atom. The molecule has 0 radical (unpaired) electrons. The van der Waals surface area contributed by atoms with E-state index in [-0.39, 0.29) is 0 Å². The second-order valence-electron chi connectivity index (χ2n) is 4.80. The molecule has 2 heterocycles. The Kier molecular flexibility index (Phi) is 4.29. The fourth-order valence-corrected chi connectivity index (χ4v) is 2.23. The van der Waals surface area contributed by atoms with E-state index in [1.165, 1.54) is 0 Å². The Hall–Kier alpha value is -3.21. The fraction of sp³-hybridized carbons (Fsp3) is 0.0556. The number of ether oxygens (including phenoxy) is 1. The number of methoxy groups -OCH3 is 1. The predicted molar refractivity (Wildman–Crippen MR) is 87.9 cm³/mol. The molecule has 0 saturated heterocycles. The van der Waals surface area contributed by atoms with Crippen molar-refractivity contribution in [2.24, 2.45) is 5.16 Å². The molecule has 0 fully saturated rings. The minimum Gasteiger partial charge on any atom is -0.497 e. The number of hydrogen-bond acceptors (Lipinski definition) is 5. The molecule has 0 spiro atoms. The van der Waals surface area contributed by atoms with Gasteiger partial charge in [-0.1, -0.05) is 17.3 Å². The van der Waals surface area contributed by atoms with Gasteiger partial charge in [-0.3, -0.25) is 4.98 Å². The van der Waals surface area contributed by atoms with Crippen LogP contribution in [-0.2, 0) is 0 Å². The molecule has 3 rings (SSSR count). The smallest absolute Gasteiger partial charge is 0.135 e. The number of nitrogens with zero attached hydrogens (tertiary/aromatic N) is 3. The van der Waals surface area contributed by atoms with Gasteiger partial charge in [0.15, 0.2) is 0 Å². The van der Waals surface area contributed by atoms with Crippen LogP contribution >= 0.6 is 0 Å². The van der Waals surface area contributed by atoms with Crippen LogP contribution in [0.5, 0.6) is 5.75 Å². The summed E-state index contributed by atoms with van der Waals surface area (Å²) >= 11 is 0. The van der Waals surface area contributed by atoms with Crippen LogP contribution in [0.2, 0.25) is 0 Å². The molecule has 5 heteroatoms. The van der Waals surface area contributed by atoms with Crippen LogP contribution in [0.1, 0.15) is 11.3 Å². The van der Waals surface area contributed by atoms with E-state index in [2.05, 4.69) is 15.1 Å². The van der Waals surface area contributed by atoms with Crippen LogP contribution in [-0.4, -0.2) is 28.0 Å². The standard InChI is InChI=1S/C18H15N3O2/c1-23-14-10-8-13(9-11-14)18(21-22)17-7-4-6-16(20-17)15-5-2-3-12-19-15/h2-12,22H,1H3/b21-18-. The molecule has 1 N–H and O–H groups in total. The first-order valence-electron chi connectivity index (χ1n) is 7.07. The molecule has 2 aromatic heterocycles. The maximum atomic E-state index is 9.42. The highest BCUT2D eigenvalue weighted by Gasteiger charge is 2.11. The van der Waals surface area contributed by atoms with Crippen LogP contribution < -0.4 is 4.74 Å². The molecule has 0 amide bonds. The van der Waals surface area contributed by atoms with Crippen molar-refractivity contribution in [1.29, 1.82) is 0 Å². The molecule has 0 unspecified atom stereocenters. The number of oxime groups is 1. The maximum absolute atomic E-state index is 9.42. The fourth-order valence-electron chi connectivity index (χ4n) is 2.23. The van der Waals surface area contributed by atoms with Crippen LogP contribution in [0.25, 0.3) is 11.4 Å². The van der Waals surface area contributed by atoms with Gasteiger partial charge in [-0.25, -0.2) is 4.98 Å². The van der Waals surface area contributed by atoms with Crippen molar-refractivity contribution in [2.75, 3.05) is 7.11 Å². The second kappa shape index (κ2) is 6.70. The number of aromatic nitrogens is 2. The first-order chi connectivity index (χ1) is 11.3. The number of pyridine rings is 2. The van der Waals surface area contributed by atoms with Crippen LogP contribution in [0, 0.1) is 0 Å². The molecule has 3 aromatic rings. The van der Waals surface area contributed by atoms with Crippen molar-refractivity contribution in [1.82, 2.24) is 9.97 Å². The summed E-state index contributed by atoms with van der Waals surface area (Å²) in [5.74, 6) is 0.737. The first kappa shape index (κ1) is 14.7. The minimum atomic E-state index is 0.394. The normalized spacial score (nSPS) is 11.3. The lowest BCUT2D eigenvalue weighted by molar-refractivity contribution is 0.319. The van der Waals surface area contributed by atoms with Gasteiger partial charge in [-0.15, -0.1) is 0 Å². The van der Waals surface area contributed by atoms with Crippen molar-refractivity contribution in [3.8, 4) is 17.1 Å². The lowest BCUT2D eigenvalue weighted by Crippen LogP contribution is -2.06. The Bertz CT molecular complexity index is 815. The van der Waals surface area contributed by atoms with E-state index in [4.69, 9.17) is 4.74 Å². The molecule has 0 saturated carbocycles. The van der Waals surface area contributed by atoms with Gasteiger partial charge in [-0.05, 0) is 48.5 Å². The largest absolute Gasteiger partial charge is 0.497 e. The third kappa shape index (κ3) is 3.18. The van der Waals surface area contributed by atoms with E-state index < -0.39 is 0 Å². The van der Waals surface area contributed by atoms with Gasteiger partial charge < -0.3 is 9.94 Å². The molecule has 0 aliphatic carbocycles. The number of benzene rings is 1. The van der Waals surface area contributed by atoms with E-state index in [9.17, 15) is 5.21 Å². The Balaban J connectivity index is 1.99. The van der Waals surface area contributed by atoms with E-state index in [0.717, 1.165) is 22.7 Å². The van der Waals surface area contributed by atoms with E-state index in [1.54, 1.807) is 19.4 Å². The van der Waals surface area contributed by atoms with Gasteiger partial charge in [0.2, 0.25) is 0 Å². The summed E-state index contributed by atoms with van der Waals surface area (Å²) in [7, 11) is 1.61. The molecule has 1 aromatic carbocycles. The topological polar surface area (TPSA) is 67.6 Å². The number of rotatable bonds is 4. The van der Waals surface area contributed by atoms with Crippen LogP contribution in [0.3, 0.4) is 0 Å². The first-order valence-corrected chi connectivity index (χ1v) is 7.07. The number of hydrogen-bond donors (Lipinski definition) is 1. The molecule has 0 aliphatic heterocycles. The quantitative estimate of drug-likeness (QED) is 0.456. The molecule has 5 nitrogen and oxygen atoms in total. The molecular formula is C18H15N3O2. The molecule has 114 valence electrons. The summed E-state index contributed by atoms with van der Waals surface area (Å²) < 4.78 is 5.14. The zero-order chi connectivity index (χ0) is 16.1. The van der Waals surface area contributed by atoms with Crippen molar-refractivity contribution < 1.29 is 9.94 Å². The van der Waals surface area contributed by atoms with Crippen LogP contribution in [0.4, 0.5) is 0 Å². The van der Waals surface area contributed by atoms with Gasteiger partial charge in [0.05, 0.1) is 24.2 Å². The van der Waals surface area contributed by atoms with Gasteiger partial charge in [0, 0.05) is 11.8 Å². The Morgan fingerprint density at radius 2 is 1.74 bits per heavy atom. The zero-order valence-electron chi connectivity index (χ0n) is 12.5. The average Bonchev–Trinajstić information content (AvgIpc) is 2.64. The molecule has 23 heavy (non-hydrogen) atoms. The Labute approximate surface area is 133 Å². The highest BCUT2D eigenvalue weighted by molar-refractivity contribution is 6.11. The van der Waals surface area contributed by atoms with Crippen LogP contribution in [0.15, 0.2) is 72.0 Å². The lowest BCUT2D eigenvalue weighted by atomic mass is 10.1.